The number of hydrogen-bond acceptors (Lipinski definition) is 4. The van der Waals surface area contributed by atoms with Crippen LogP contribution in [0.1, 0.15) is 27.3 Å². The van der Waals surface area contributed by atoms with Crippen LogP contribution >= 0.6 is 0 Å². The molecule has 28 heavy (non-hydrogen) atoms. The summed E-state index contributed by atoms with van der Waals surface area (Å²) in [6.07, 6.45) is 2.14. The summed E-state index contributed by atoms with van der Waals surface area (Å²) in [5, 5.41) is 4.88. The minimum atomic E-state index is -0.414. The van der Waals surface area contributed by atoms with Gasteiger partial charge in [0.25, 0.3) is 17.4 Å². The maximum absolute atomic E-state index is 12.8. The molecule has 0 radical (unpaired) electrons. The summed E-state index contributed by atoms with van der Waals surface area (Å²) >= 11 is 0. The molecule has 4 rings (SSSR count). The lowest BCUT2D eigenvalue weighted by Crippen LogP contribution is -2.56. The van der Waals surface area contributed by atoms with E-state index in [1.54, 1.807) is 11.9 Å². The molecule has 0 bridgehead atoms. The average Bonchev–Trinajstić information content (AvgIpc) is 2.68. The lowest BCUT2D eigenvalue weighted by atomic mass is 9.99. The zero-order valence-electron chi connectivity index (χ0n) is 15.5. The average molecular weight is 376 g/mol. The van der Waals surface area contributed by atoms with Crippen molar-refractivity contribution >= 4 is 22.6 Å². The molecule has 0 spiro atoms. The van der Waals surface area contributed by atoms with Gasteiger partial charge in [-0.3, -0.25) is 14.4 Å². The number of fused-ring (bicyclic) bond motifs is 1. The molecule has 0 saturated carbocycles. The Kier molecular flexibility index (Phi) is 4.65. The monoisotopic (exact) mass is 376 g/mol. The van der Waals surface area contributed by atoms with Crippen molar-refractivity contribution in [3.05, 3.63) is 76.5 Å². The summed E-state index contributed by atoms with van der Waals surface area (Å²) < 4.78 is 1.30. The van der Waals surface area contributed by atoms with Gasteiger partial charge in [0.05, 0.1) is 12.4 Å². The van der Waals surface area contributed by atoms with E-state index in [1.165, 1.54) is 17.0 Å². The Morgan fingerprint density at radius 2 is 1.93 bits per heavy atom. The van der Waals surface area contributed by atoms with E-state index < -0.39 is 5.91 Å². The summed E-state index contributed by atoms with van der Waals surface area (Å²) in [6.45, 7) is 0.991. The fourth-order valence-corrected chi connectivity index (χ4v) is 3.30. The van der Waals surface area contributed by atoms with Gasteiger partial charge in [-0.25, -0.2) is 4.98 Å². The number of carbonyl (C=O) groups is 2. The Labute approximate surface area is 161 Å². The van der Waals surface area contributed by atoms with Crippen molar-refractivity contribution in [1.82, 2.24) is 19.8 Å². The maximum Gasteiger partial charge on any atom is 0.270 e. The van der Waals surface area contributed by atoms with Crippen molar-refractivity contribution in [2.45, 2.75) is 12.5 Å². The van der Waals surface area contributed by atoms with Crippen LogP contribution in [0.3, 0.4) is 0 Å². The number of carbonyl (C=O) groups excluding carboxylic acids is 2. The van der Waals surface area contributed by atoms with Crippen LogP contribution in [0.25, 0.3) is 10.8 Å². The third kappa shape index (κ3) is 3.38. The lowest BCUT2D eigenvalue weighted by molar-refractivity contribution is 0.0455. The third-order valence-corrected chi connectivity index (χ3v) is 5.11. The summed E-state index contributed by atoms with van der Waals surface area (Å²) in [6, 6.07) is 14.7. The molecule has 7 heteroatoms. The van der Waals surface area contributed by atoms with Crippen molar-refractivity contribution in [3.8, 4) is 0 Å². The van der Waals surface area contributed by atoms with Gasteiger partial charge in [-0.15, -0.1) is 0 Å². The molecule has 1 unspecified atom stereocenters. The van der Waals surface area contributed by atoms with Crippen LogP contribution in [0, 0.1) is 0 Å². The van der Waals surface area contributed by atoms with Gasteiger partial charge in [0.2, 0.25) is 0 Å². The van der Waals surface area contributed by atoms with Gasteiger partial charge in [0, 0.05) is 31.8 Å². The van der Waals surface area contributed by atoms with Crippen molar-refractivity contribution < 1.29 is 9.59 Å². The van der Waals surface area contributed by atoms with Gasteiger partial charge < -0.3 is 14.8 Å². The number of nitrogens with one attached hydrogen (secondary N) is 1. The third-order valence-electron chi connectivity index (χ3n) is 5.11. The highest BCUT2D eigenvalue weighted by Gasteiger charge is 2.33. The zero-order chi connectivity index (χ0) is 19.7. The molecule has 1 aliphatic rings. The SMILES string of the molecule is Cn1cnc(C(=O)NCC2CCN2C(=O)c2ccc3ccccc3c2)cc1=O. The van der Waals surface area contributed by atoms with E-state index in [0.717, 1.165) is 17.2 Å². The maximum atomic E-state index is 12.8. The summed E-state index contributed by atoms with van der Waals surface area (Å²) in [4.78, 5) is 42.4. The molecule has 2 heterocycles. The standard InChI is InChI=1S/C21H20N4O3/c1-24-13-23-18(11-19(24)26)20(27)22-12-17-8-9-25(17)21(28)16-7-6-14-4-2-3-5-15(14)10-16/h2-7,10-11,13,17H,8-9,12H2,1H3,(H,22,27). The van der Waals surface area contributed by atoms with Gasteiger partial charge in [-0.05, 0) is 29.3 Å². The van der Waals surface area contributed by atoms with E-state index in [0.29, 0.717) is 18.7 Å². The van der Waals surface area contributed by atoms with E-state index in [4.69, 9.17) is 0 Å². The van der Waals surface area contributed by atoms with E-state index >= 15 is 0 Å². The van der Waals surface area contributed by atoms with E-state index in [2.05, 4.69) is 10.3 Å². The molecule has 1 saturated heterocycles. The fraction of sp³-hybridized carbons (Fsp3) is 0.238. The Hall–Kier alpha value is -3.48. The molecule has 3 aromatic rings. The van der Waals surface area contributed by atoms with Crippen molar-refractivity contribution in [1.29, 1.82) is 0 Å². The van der Waals surface area contributed by atoms with Crippen LogP contribution in [0.15, 0.2) is 59.7 Å². The highest BCUT2D eigenvalue weighted by atomic mass is 16.2. The van der Waals surface area contributed by atoms with Crippen LogP contribution in [0.4, 0.5) is 0 Å². The van der Waals surface area contributed by atoms with Crippen LogP contribution in [-0.2, 0) is 7.05 Å². The number of aromatic nitrogens is 2. The largest absolute Gasteiger partial charge is 0.349 e. The molecular weight excluding hydrogens is 356 g/mol. The minimum absolute atomic E-state index is 0.0389. The van der Waals surface area contributed by atoms with Gasteiger partial charge in [-0.2, -0.15) is 0 Å². The van der Waals surface area contributed by atoms with Gasteiger partial charge >= 0.3 is 0 Å². The summed E-state index contributed by atoms with van der Waals surface area (Å²) in [7, 11) is 1.57. The molecule has 142 valence electrons. The number of likely N-dealkylation sites (tertiary alicyclic amines) is 1. The second-order valence-electron chi connectivity index (χ2n) is 6.94. The smallest absolute Gasteiger partial charge is 0.270 e. The quantitative estimate of drug-likeness (QED) is 0.749. The molecule has 7 nitrogen and oxygen atoms in total. The first kappa shape index (κ1) is 17.9. The number of hydrogen-bond donors (Lipinski definition) is 1. The number of nitrogens with zero attached hydrogens (tertiary/aromatic N) is 3. The van der Waals surface area contributed by atoms with Gasteiger partial charge in [-0.1, -0.05) is 30.3 Å². The molecule has 1 fully saturated rings. The molecule has 1 aliphatic heterocycles. The van der Waals surface area contributed by atoms with E-state index in [9.17, 15) is 14.4 Å². The van der Waals surface area contributed by atoms with Crippen LogP contribution in [-0.4, -0.2) is 45.4 Å². The van der Waals surface area contributed by atoms with Crippen molar-refractivity contribution in [2.24, 2.45) is 7.05 Å². The fourth-order valence-electron chi connectivity index (χ4n) is 3.30. The summed E-state index contributed by atoms with van der Waals surface area (Å²) in [5.41, 5.74) is 0.426. The number of rotatable bonds is 4. The van der Waals surface area contributed by atoms with E-state index in [1.807, 2.05) is 42.5 Å². The number of aryl methyl sites for hydroxylation is 1. The topological polar surface area (TPSA) is 84.3 Å². The highest BCUT2D eigenvalue weighted by molar-refractivity contribution is 5.99. The minimum Gasteiger partial charge on any atom is -0.349 e. The highest BCUT2D eigenvalue weighted by Crippen LogP contribution is 2.22. The zero-order valence-corrected chi connectivity index (χ0v) is 15.5. The first-order valence-electron chi connectivity index (χ1n) is 9.13. The normalized spacial score (nSPS) is 15.9. The molecular formula is C21H20N4O3. The molecule has 1 atom stereocenters. The van der Waals surface area contributed by atoms with Crippen LogP contribution in [0.5, 0.6) is 0 Å². The summed E-state index contributed by atoms with van der Waals surface area (Å²) in [5.74, 6) is -0.453. The molecule has 1 N–H and O–H groups in total. The molecule has 1 aromatic heterocycles. The molecule has 2 amide bonds. The Morgan fingerprint density at radius 1 is 1.14 bits per heavy atom. The Morgan fingerprint density at radius 3 is 2.64 bits per heavy atom. The van der Waals surface area contributed by atoms with Crippen molar-refractivity contribution in [2.75, 3.05) is 13.1 Å². The second-order valence-corrected chi connectivity index (χ2v) is 6.94. The Bertz CT molecular complexity index is 1120. The lowest BCUT2D eigenvalue weighted by Gasteiger charge is -2.41. The number of benzene rings is 2. The molecule has 0 aliphatic carbocycles. The predicted octanol–water partition coefficient (Wildman–Crippen LogP) is 1.58. The first-order chi connectivity index (χ1) is 13.5. The predicted molar refractivity (Wildman–Crippen MR) is 105 cm³/mol. The van der Waals surface area contributed by atoms with E-state index in [-0.39, 0.29) is 23.2 Å². The van der Waals surface area contributed by atoms with Crippen LogP contribution in [0.2, 0.25) is 0 Å². The second kappa shape index (κ2) is 7.26. The Balaban J connectivity index is 1.41. The molecule has 2 aromatic carbocycles. The van der Waals surface area contributed by atoms with Gasteiger partial charge in [0.15, 0.2) is 0 Å². The van der Waals surface area contributed by atoms with Crippen LogP contribution < -0.4 is 10.9 Å². The van der Waals surface area contributed by atoms with Crippen molar-refractivity contribution in [3.63, 3.8) is 0 Å². The van der Waals surface area contributed by atoms with Gasteiger partial charge in [0.1, 0.15) is 5.69 Å². The first-order valence-corrected chi connectivity index (χ1v) is 9.13. The number of amides is 2.